The molecule has 0 amide bonds. The molecule has 1 N–H and O–H groups in total. The third-order valence-electron chi connectivity index (χ3n) is 4.99. The number of hydrogen-bond donors (Lipinski definition) is 1. The Morgan fingerprint density at radius 1 is 1.06 bits per heavy atom. The quantitative estimate of drug-likeness (QED) is 0.722. The molecule has 1 aliphatic heterocycles. The molecule has 0 bridgehead atoms. The van der Waals surface area contributed by atoms with Gasteiger partial charge in [-0.15, -0.1) is 0 Å². The van der Waals surface area contributed by atoms with Crippen molar-refractivity contribution in [2.45, 2.75) is 55.9 Å². The molecule has 0 saturated heterocycles. The molecule has 0 atom stereocenters. The number of fused-ring (bicyclic) bond motifs is 3. The van der Waals surface area contributed by atoms with Crippen molar-refractivity contribution in [2.75, 3.05) is 6.54 Å². The zero-order valence-corrected chi connectivity index (χ0v) is 9.72. The van der Waals surface area contributed by atoms with E-state index in [1.165, 1.54) is 56.3 Å². The van der Waals surface area contributed by atoms with Crippen LogP contribution < -0.4 is 5.32 Å². The fraction of sp³-hybridized carbons (Fsp3) is 0.714. The third-order valence-corrected chi connectivity index (χ3v) is 4.99. The summed E-state index contributed by atoms with van der Waals surface area (Å²) >= 11 is 0. The maximum Gasteiger partial charge on any atom is 0.116 e. The Labute approximate surface area is 96.4 Å². The molecule has 2 spiro atoms. The van der Waals surface area contributed by atoms with Gasteiger partial charge in [0.15, 0.2) is 0 Å². The van der Waals surface area contributed by atoms with Gasteiger partial charge in [0.05, 0.1) is 6.26 Å². The molecule has 2 fully saturated rings. The van der Waals surface area contributed by atoms with Crippen LogP contribution in [0.25, 0.3) is 0 Å². The molecule has 0 unspecified atom stereocenters. The second-order valence-corrected chi connectivity index (χ2v) is 5.94. The van der Waals surface area contributed by atoms with Crippen molar-refractivity contribution in [3.05, 3.63) is 23.7 Å². The lowest BCUT2D eigenvalue weighted by Gasteiger charge is -2.43. The van der Waals surface area contributed by atoms with Gasteiger partial charge in [0.1, 0.15) is 5.76 Å². The maximum atomic E-state index is 5.82. The van der Waals surface area contributed by atoms with Crippen molar-refractivity contribution < 1.29 is 4.42 Å². The summed E-state index contributed by atoms with van der Waals surface area (Å²) in [6.45, 7) is 1.15. The summed E-state index contributed by atoms with van der Waals surface area (Å²) in [6, 6.07) is 2.23. The zero-order chi connectivity index (χ0) is 10.6. The van der Waals surface area contributed by atoms with E-state index in [2.05, 4.69) is 11.4 Å². The monoisotopic (exact) mass is 217 g/mol. The van der Waals surface area contributed by atoms with Crippen molar-refractivity contribution in [2.24, 2.45) is 0 Å². The van der Waals surface area contributed by atoms with Crippen molar-refractivity contribution in [1.29, 1.82) is 0 Å². The Morgan fingerprint density at radius 3 is 2.62 bits per heavy atom. The largest absolute Gasteiger partial charge is 0.468 e. The summed E-state index contributed by atoms with van der Waals surface area (Å²) in [5, 5.41) is 3.87. The van der Waals surface area contributed by atoms with Crippen molar-refractivity contribution in [1.82, 2.24) is 5.32 Å². The third kappa shape index (κ3) is 1.06. The highest BCUT2D eigenvalue weighted by Gasteiger charge is 2.55. The number of furan rings is 1. The van der Waals surface area contributed by atoms with E-state index in [1.807, 2.05) is 6.26 Å². The van der Waals surface area contributed by atoms with Gasteiger partial charge in [0, 0.05) is 23.1 Å². The fourth-order valence-corrected chi connectivity index (χ4v) is 3.77. The SMILES string of the molecule is c1cc2c(o1)C1(CC1)CNC21CCCCC1. The van der Waals surface area contributed by atoms with E-state index in [0.717, 1.165) is 6.54 Å². The Balaban J connectivity index is 1.81. The summed E-state index contributed by atoms with van der Waals surface area (Å²) in [5.41, 5.74) is 2.16. The molecule has 1 aromatic heterocycles. The van der Waals surface area contributed by atoms with Crippen LogP contribution in [0.2, 0.25) is 0 Å². The Morgan fingerprint density at radius 2 is 1.88 bits per heavy atom. The van der Waals surface area contributed by atoms with Gasteiger partial charge in [-0.3, -0.25) is 0 Å². The molecule has 86 valence electrons. The van der Waals surface area contributed by atoms with Gasteiger partial charge in [-0.1, -0.05) is 19.3 Å². The fourth-order valence-electron chi connectivity index (χ4n) is 3.77. The summed E-state index contributed by atoms with van der Waals surface area (Å²) in [4.78, 5) is 0. The van der Waals surface area contributed by atoms with Crippen LogP contribution >= 0.6 is 0 Å². The summed E-state index contributed by atoms with van der Waals surface area (Å²) in [6.07, 6.45) is 11.3. The van der Waals surface area contributed by atoms with E-state index in [1.54, 1.807) is 0 Å². The van der Waals surface area contributed by atoms with Gasteiger partial charge >= 0.3 is 0 Å². The number of hydrogen-bond acceptors (Lipinski definition) is 2. The lowest BCUT2D eigenvalue weighted by atomic mass is 9.72. The minimum Gasteiger partial charge on any atom is -0.468 e. The molecule has 3 aliphatic rings. The highest BCUT2D eigenvalue weighted by atomic mass is 16.3. The Bertz CT molecular complexity index is 410. The predicted molar refractivity (Wildman–Crippen MR) is 62.4 cm³/mol. The van der Waals surface area contributed by atoms with Crippen molar-refractivity contribution in [3.8, 4) is 0 Å². The molecule has 2 nitrogen and oxygen atoms in total. The first-order chi connectivity index (χ1) is 7.85. The first-order valence-corrected chi connectivity index (χ1v) is 6.68. The molecule has 2 saturated carbocycles. The molecular formula is C14H19NO. The minimum absolute atomic E-state index is 0.272. The molecule has 4 rings (SSSR count). The van der Waals surface area contributed by atoms with Crippen LogP contribution in [0.15, 0.2) is 16.7 Å². The van der Waals surface area contributed by atoms with E-state index < -0.39 is 0 Å². The number of nitrogens with one attached hydrogen (secondary N) is 1. The van der Waals surface area contributed by atoms with Crippen LogP contribution in [-0.2, 0) is 11.0 Å². The summed E-state index contributed by atoms with van der Waals surface area (Å²) < 4.78 is 5.82. The van der Waals surface area contributed by atoms with Crippen LogP contribution in [0.3, 0.4) is 0 Å². The maximum absolute atomic E-state index is 5.82. The van der Waals surface area contributed by atoms with Crippen LogP contribution in [0, 0.1) is 0 Å². The molecule has 0 radical (unpaired) electrons. The van der Waals surface area contributed by atoms with Crippen LogP contribution in [0.5, 0.6) is 0 Å². The molecule has 16 heavy (non-hydrogen) atoms. The minimum atomic E-state index is 0.272. The topological polar surface area (TPSA) is 25.2 Å². The van der Waals surface area contributed by atoms with Gasteiger partial charge in [-0.05, 0) is 31.7 Å². The lowest BCUT2D eigenvalue weighted by Crippen LogP contribution is -2.51. The Kier molecular flexibility index (Phi) is 1.69. The van der Waals surface area contributed by atoms with Crippen LogP contribution in [0.4, 0.5) is 0 Å². The first-order valence-electron chi connectivity index (χ1n) is 6.68. The van der Waals surface area contributed by atoms with Crippen molar-refractivity contribution >= 4 is 0 Å². The normalized spacial score (nSPS) is 29.2. The van der Waals surface area contributed by atoms with Gasteiger partial charge in [-0.25, -0.2) is 0 Å². The van der Waals surface area contributed by atoms with Crippen LogP contribution in [0.1, 0.15) is 56.3 Å². The van der Waals surface area contributed by atoms with E-state index in [-0.39, 0.29) is 5.54 Å². The van der Waals surface area contributed by atoms with E-state index >= 15 is 0 Å². The molecule has 1 aromatic rings. The average molecular weight is 217 g/mol. The molecule has 2 heterocycles. The lowest BCUT2D eigenvalue weighted by molar-refractivity contribution is 0.197. The standard InChI is InChI=1S/C14H19NO/c1-2-5-14(6-3-1)11-4-9-16-12(11)13(7-8-13)10-15-14/h4,9,15H,1-3,5-8,10H2. The van der Waals surface area contributed by atoms with Crippen molar-refractivity contribution in [3.63, 3.8) is 0 Å². The smallest absolute Gasteiger partial charge is 0.116 e. The van der Waals surface area contributed by atoms with Crippen LogP contribution in [-0.4, -0.2) is 6.54 Å². The van der Waals surface area contributed by atoms with E-state index in [0.29, 0.717) is 5.41 Å². The average Bonchev–Trinajstić information content (AvgIpc) is 2.91. The van der Waals surface area contributed by atoms with E-state index in [4.69, 9.17) is 4.42 Å². The summed E-state index contributed by atoms with van der Waals surface area (Å²) in [5.74, 6) is 1.33. The van der Waals surface area contributed by atoms with Gasteiger partial charge in [0.2, 0.25) is 0 Å². The van der Waals surface area contributed by atoms with Gasteiger partial charge in [0.25, 0.3) is 0 Å². The predicted octanol–water partition coefficient (Wildman–Crippen LogP) is 3.07. The zero-order valence-electron chi connectivity index (χ0n) is 9.72. The second-order valence-electron chi connectivity index (χ2n) is 5.94. The molecule has 2 aliphatic carbocycles. The molecular weight excluding hydrogens is 198 g/mol. The second kappa shape index (κ2) is 2.92. The highest BCUT2D eigenvalue weighted by Crippen LogP contribution is 2.55. The van der Waals surface area contributed by atoms with Gasteiger partial charge in [-0.2, -0.15) is 0 Å². The number of rotatable bonds is 0. The van der Waals surface area contributed by atoms with E-state index in [9.17, 15) is 0 Å². The Hall–Kier alpha value is -0.760. The molecule has 2 heteroatoms. The first kappa shape index (κ1) is 9.29. The highest BCUT2D eigenvalue weighted by molar-refractivity contribution is 5.40. The molecule has 0 aromatic carbocycles. The van der Waals surface area contributed by atoms with Gasteiger partial charge < -0.3 is 9.73 Å². The summed E-state index contributed by atoms with van der Waals surface area (Å²) in [7, 11) is 0.